The van der Waals surface area contributed by atoms with Crippen molar-refractivity contribution in [2.24, 2.45) is 4.99 Å². The fourth-order valence-electron chi connectivity index (χ4n) is 0.308. The van der Waals surface area contributed by atoms with Crippen molar-refractivity contribution >= 4 is 18.2 Å². The van der Waals surface area contributed by atoms with Gasteiger partial charge in [-0.1, -0.05) is 0 Å². The van der Waals surface area contributed by atoms with Gasteiger partial charge in [0, 0.05) is 6.21 Å². The molecule has 0 aliphatic carbocycles. The van der Waals surface area contributed by atoms with E-state index in [2.05, 4.69) is 4.99 Å². The molecular weight excluding hydrogens is 136 g/mol. The van der Waals surface area contributed by atoms with E-state index >= 15 is 0 Å². The summed E-state index contributed by atoms with van der Waals surface area (Å²) in [7, 11) is 0. The van der Waals surface area contributed by atoms with Crippen molar-refractivity contribution < 1.29 is 14.7 Å². The molecule has 0 aromatic carbocycles. The summed E-state index contributed by atoms with van der Waals surface area (Å²) in [5.74, 6) is -0.754. The number of aliphatic hydroxyl groups is 1. The Morgan fingerprint density at radius 3 is 2.70 bits per heavy atom. The molecule has 0 bridgehead atoms. The third kappa shape index (κ3) is 3.73. The molecule has 0 spiro atoms. The molecule has 0 aromatic heterocycles. The van der Waals surface area contributed by atoms with Gasteiger partial charge in [0.05, 0.1) is 0 Å². The van der Waals surface area contributed by atoms with Crippen LogP contribution >= 0.6 is 0 Å². The number of aliphatic hydroxyl groups excluding tert-OH is 1. The van der Waals surface area contributed by atoms with Crippen LogP contribution in [0.2, 0.25) is 0 Å². The number of nitrogens with zero attached hydrogens (tertiary/aromatic N) is 1. The number of amides is 3. The normalized spacial score (nSPS) is 9.80. The maximum Gasteiger partial charge on any atom is 0.347 e. The highest BCUT2D eigenvalue weighted by Crippen LogP contribution is 1.71. The summed E-state index contributed by atoms with van der Waals surface area (Å²) in [5.41, 5.74) is 0. The van der Waals surface area contributed by atoms with Crippen LogP contribution in [0.4, 0.5) is 4.79 Å². The lowest BCUT2D eigenvalue weighted by Gasteiger charge is -1.93. The van der Waals surface area contributed by atoms with Gasteiger partial charge in [0.25, 0.3) is 5.91 Å². The van der Waals surface area contributed by atoms with Gasteiger partial charge in [-0.2, -0.15) is 0 Å². The zero-order valence-electron chi connectivity index (χ0n) is 5.50. The minimum atomic E-state index is -0.762. The lowest BCUT2D eigenvalue weighted by molar-refractivity contribution is -0.122. The smallest absolute Gasteiger partial charge is 0.347 e. The Morgan fingerprint density at radius 2 is 2.30 bits per heavy atom. The van der Waals surface area contributed by atoms with Crippen LogP contribution in [-0.4, -0.2) is 29.9 Å². The maximum absolute atomic E-state index is 10.4. The zero-order valence-corrected chi connectivity index (χ0v) is 5.50. The number of nitrogens with one attached hydrogen (secondary N) is 1. The summed E-state index contributed by atoms with van der Waals surface area (Å²) in [5, 5.41) is 9.94. The average Bonchev–Trinajstić information content (AvgIpc) is 1.88. The molecule has 0 aliphatic rings. The van der Waals surface area contributed by atoms with Crippen molar-refractivity contribution in [3.05, 3.63) is 0 Å². The van der Waals surface area contributed by atoms with Crippen molar-refractivity contribution in [1.29, 1.82) is 0 Å². The number of hydrogen-bond acceptors (Lipinski definition) is 3. The van der Waals surface area contributed by atoms with E-state index in [1.54, 1.807) is 12.2 Å². The van der Waals surface area contributed by atoms with Crippen LogP contribution in [-0.2, 0) is 4.79 Å². The van der Waals surface area contributed by atoms with E-state index in [9.17, 15) is 9.59 Å². The number of urea groups is 1. The molecule has 0 heterocycles. The largest absolute Gasteiger partial charge is 0.387 e. The van der Waals surface area contributed by atoms with E-state index in [1.807, 2.05) is 0 Å². The molecule has 2 N–H and O–H groups in total. The number of aliphatic imine (C=N–C) groups is 1. The number of imide groups is 1. The van der Waals surface area contributed by atoms with Crippen LogP contribution in [0.3, 0.4) is 0 Å². The van der Waals surface area contributed by atoms with E-state index in [0.717, 1.165) is 0 Å². The highest BCUT2D eigenvalue weighted by Gasteiger charge is 2.01. The van der Waals surface area contributed by atoms with Gasteiger partial charge in [-0.3, -0.25) is 10.1 Å². The molecule has 5 heteroatoms. The van der Waals surface area contributed by atoms with E-state index in [0.29, 0.717) is 0 Å². The number of hydrogen-bond donors (Lipinski definition) is 2. The number of rotatable bonds is 1. The predicted molar refractivity (Wildman–Crippen MR) is 34.8 cm³/mol. The van der Waals surface area contributed by atoms with Crippen LogP contribution in [0.1, 0.15) is 6.92 Å². The monoisotopic (exact) mass is 144 g/mol. The van der Waals surface area contributed by atoms with Gasteiger partial charge in [0.15, 0.2) is 0 Å². The SMILES string of the molecule is CC=NC(=O)NC(=O)CO. The van der Waals surface area contributed by atoms with Crippen LogP contribution in [0.15, 0.2) is 4.99 Å². The minimum Gasteiger partial charge on any atom is -0.387 e. The molecule has 56 valence electrons. The first-order valence-electron chi connectivity index (χ1n) is 2.64. The van der Waals surface area contributed by atoms with E-state index in [4.69, 9.17) is 5.11 Å². The molecule has 0 aliphatic heterocycles. The Morgan fingerprint density at radius 1 is 1.70 bits per heavy atom. The molecule has 0 atom stereocenters. The molecule has 0 fully saturated rings. The Labute approximate surface area is 57.8 Å². The first kappa shape index (κ1) is 8.77. The third-order valence-corrected chi connectivity index (χ3v) is 0.636. The Balaban J connectivity index is 3.68. The molecule has 0 unspecified atom stereocenters. The van der Waals surface area contributed by atoms with Crippen molar-refractivity contribution in [3.8, 4) is 0 Å². The second-order valence-electron chi connectivity index (χ2n) is 1.40. The molecule has 10 heavy (non-hydrogen) atoms. The second kappa shape index (κ2) is 4.63. The summed E-state index contributed by atoms with van der Waals surface area (Å²) in [4.78, 5) is 23.8. The molecule has 3 amide bonds. The van der Waals surface area contributed by atoms with Gasteiger partial charge in [-0.15, -0.1) is 0 Å². The fourth-order valence-corrected chi connectivity index (χ4v) is 0.308. The van der Waals surface area contributed by atoms with Gasteiger partial charge >= 0.3 is 6.03 Å². The van der Waals surface area contributed by atoms with Crippen LogP contribution in [0, 0.1) is 0 Å². The molecule has 0 rings (SSSR count). The molecule has 0 saturated heterocycles. The summed E-state index contributed by atoms with van der Waals surface area (Å²) in [6.45, 7) is 0.841. The predicted octanol–water partition coefficient (Wildman–Crippen LogP) is -0.694. The topological polar surface area (TPSA) is 78.8 Å². The summed E-state index contributed by atoms with van der Waals surface area (Å²) in [6.07, 6.45) is 1.25. The van der Waals surface area contributed by atoms with Crippen LogP contribution in [0.5, 0.6) is 0 Å². The van der Waals surface area contributed by atoms with Gasteiger partial charge in [0.1, 0.15) is 6.61 Å². The molecular formula is C5H8N2O3. The minimum absolute atomic E-state index is 0.703. The Hall–Kier alpha value is -1.23. The van der Waals surface area contributed by atoms with Crippen molar-refractivity contribution in [2.45, 2.75) is 6.92 Å². The van der Waals surface area contributed by atoms with Gasteiger partial charge in [-0.05, 0) is 6.92 Å². The Bertz CT molecular complexity index is 164. The van der Waals surface area contributed by atoms with Gasteiger partial charge in [0.2, 0.25) is 0 Å². The quantitative estimate of drug-likeness (QED) is 0.478. The van der Waals surface area contributed by atoms with Crippen molar-refractivity contribution in [3.63, 3.8) is 0 Å². The van der Waals surface area contributed by atoms with Crippen LogP contribution < -0.4 is 5.32 Å². The second-order valence-corrected chi connectivity index (χ2v) is 1.40. The number of carbonyl (C=O) groups is 2. The third-order valence-electron chi connectivity index (χ3n) is 0.636. The fraction of sp³-hybridized carbons (Fsp3) is 0.400. The first-order valence-corrected chi connectivity index (χ1v) is 2.64. The van der Waals surface area contributed by atoms with E-state index in [-0.39, 0.29) is 0 Å². The highest BCUT2D eigenvalue weighted by atomic mass is 16.3. The van der Waals surface area contributed by atoms with E-state index in [1.165, 1.54) is 6.21 Å². The van der Waals surface area contributed by atoms with E-state index < -0.39 is 18.5 Å². The molecule has 0 radical (unpaired) electrons. The lowest BCUT2D eigenvalue weighted by atomic mass is 10.6. The van der Waals surface area contributed by atoms with Crippen molar-refractivity contribution in [1.82, 2.24) is 5.32 Å². The first-order chi connectivity index (χ1) is 4.70. The standard InChI is InChI=1S/C5H8N2O3/c1-2-6-5(10)7-4(9)3-8/h2,8H,3H2,1H3,(H,7,9,10). The summed E-state index contributed by atoms with van der Waals surface area (Å²) >= 11 is 0. The molecule has 0 saturated carbocycles. The average molecular weight is 144 g/mol. The van der Waals surface area contributed by atoms with Crippen molar-refractivity contribution in [2.75, 3.05) is 6.61 Å². The zero-order chi connectivity index (χ0) is 7.98. The molecule has 5 nitrogen and oxygen atoms in total. The molecule has 0 aromatic rings. The lowest BCUT2D eigenvalue weighted by Crippen LogP contribution is -2.30. The maximum atomic E-state index is 10.4. The van der Waals surface area contributed by atoms with Crippen LogP contribution in [0.25, 0.3) is 0 Å². The Kier molecular flexibility index (Phi) is 4.06. The number of carbonyl (C=O) groups excluding carboxylic acids is 2. The van der Waals surface area contributed by atoms with Gasteiger partial charge < -0.3 is 5.11 Å². The summed E-state index contributed by atoms with van der Waals surface area (Å²) < 4.78 is 0. The highest BCUT2D eigenvalue weighted by molar-refractivity contribution is 5.97. The van der Waals surface area contributed by atoms with Gasteiger partial charge in [-0.25, -0.2) is 9.79 Å². The summed E-state index contributed by atoms with van der Waals surface area (Å²) in [6, 6.07) is -0.762.